The van der Waals surface area contributed by atoms with Crippen LogP contribution in [-0.2, 0) is 11.2 Å². The van der Waals surface area contributed by atoms with E-state index < -0.39 is 0 Å². The van der Waals surface area contributed by atoms with E-state index >= 15 is 0 Å². The normalized spacial score (nSPS) is 17.2. The molecule has 0 spiro atoms. The van der Waals surface area contributed by atoms with Gasteiger partial charge in [0, 0.05) is 37.7 Å². The van der Waals surface area contributed by atoms with Gasteiger partial charge in [-0.3, -0.25) is 14.5 Å². The summed E-state index contributed by atoms with van der Waals surface area (Å²) >= 11 is 1.23. The molecule has 7 nitrogen and oxygen atoms in total. The summed E-state index contributed by atoms with van der Waals surface area (Å²) in [7, 11) is 0. The number of aromatic nitrogens is 2. The number of para-hydroxylation sites is 1. The van der Waals surface area contributed by atoms with Gasteiger partial charge in [-0.15, -0.1) is 10.2 Å². The molecular weight excluding hydrogens is 374 g/mol. The molecule has 2 heterocycles. The number of likely N-dealkylation sites (tertiary alicyclic amines) is 1. The summed E-state index contributed by atoms with van der Waals surface area (Å²) in [5.41, 5.74) is 0.714. The smallest absolute Gasteiger partial charge is 0.286 e. The molecule has 1 saturated heterocycles. The molecule has 0 bridgehead atoms. The van der Waals surface area contributed by atoms with Gasteiger partial charge in [0.15, 0.2) is 0 Å². The molecule has 1 unspecified atom stereocenters. The van der Waals surface area contributed by atoms with Crippen LogP contribution in [-0.4, -0.2) is 52.6 Å². The molecule has 1 fully saturated rings. The number of rotatable bonds is 8. The molecule has 0 saturated carbocycles. The third-order valence-electron chi connectivity index (χ3n) is 4.92. The summed E-state index contributed by atoms with van der Waals surface area (Å²) in [5, 5.41) is 14.7. The lowest BCUT2D eigenvalue weighted by Crippen LogP contribution is -2.42. The monoisotopic (exact) mass is 401 g/mol. The highest BCUT2D eigenvalue weighted by Gasteiger charge is 2.18. The number of carbonyl (C=O) groups is 2. The second kappa shape index (κ2) is 10.3. The van der Waals surface area contributed by atoms with Crippen LogP contribution in [0, 0.1) is 0 Å². The average molecular weight is 402 g/mol. The van der Waals surface area contributed by atoms with E-state index in [4.69, 9.17) is 0 Å². The van der Waals surface area contributed by atoms with Gasteiger partial charge in [-0.25, -0.2) is 0 Å². The SMILES string of the molecule is CC1CCCCN1CCNC(=O)CCc1nnc(C(=O)Nc2ccccc2)s1. The van der Waals surface area contributed by atoms with Crippen LogP contribution in [0.25, 0.3) is 0 Å². The van der Waals surface area contributed by atoms with Crippen LogP contribution in [0.15, 0.2) is 30.3 Å². The molecule has 150 valence electrons. The molecule has 2 aromatic rings. The number of nitrogens with one attached hydrogen (secondary N) is 2. The van der Waals surface area contributed by atoms with Gasteiger partial charge in [-0.1, -0.05) is 36.0 Å². The molecule has 1 atom stereocenters. The van der Waals surface area contributed by atoms with Crippen molar-refractivity contribution in [3.05, 3.63) is 40.3 Å². The Balaban J connectivity index is 1.37. The predicted molar refractivity (Wildman–Crippen MR) is 111 cm³/mol. The van der Waals surface area contributed by atoms with Crippen LogP contribution in [0.1, 0.15) is 47.4 Å². The van der Waals surface area contributed by atoms with Crippen molar-refractivity contribution in [2.75, 3.05) is 25.0 Å². The molecule has 28 heavy (non-hydrogen) atoms. The Kier molecular flexibility index (Phi) is 7.50. The summed E-state index contributed by atoms with van der Waals surface area (Å²) in [6, 6.07) is 9.82. The maximum Gasteiger partial charge on any atom is 0.286 e. The molecule has 3 rings (SSSR count). The highest BCUT2D eigenvalue weighted by atomic mass is 32.1. The molecule has 1 aliphatic rings. The number of aryl methyl sites for hydroxylation is 1. The zero-order valence-electron chi connectivity index (χ0n) is 16.2. The Hall–Kier alpha value is -2.32. The van der Waals surface area contributed by atoms with Crippen LogP contribution in [0.5, 0.6) is 0 Å². The van der Waals surface area contributed by atoms with Gasteiger partial charge in [0.05, 0.1) is 0 Å². The quantitative estimate of drug-likeness (QED) is 0.710. The van der Waals surface area contributed by atoms with E-state index in [0.29, 0.717) is 41.1 Å². The van der Waals surface area contributed by atoms with E-state index in [1.807, 2.05) is 30.3 Å². The van der Waals surface area contributed by atoms with E-state index in [1.54, 1.807) is 0 Å². The lowest BCUT2D eigenvalue weighted by atomic mass is 10.0. The van der Waals surface area contributed by atoms with Crippen LogP contribution in [0.4, 0.5) is 5.69 Å². The summed E-state index contributed by atoms with van der Waals surface area (Å²) in [4.78, 5) is 26.7. The summed E-state index contributed by atoms with van der Waals surface area (Å²) < 4.78 is 0. The molecular formula is C20H27N5O2S. The van der Waals surface area contributed by atoms with Crippen LogP contribution in [0.3, 0.4) is 0 Å². The Morgan fingerprint density at radius 2 is 2.04 bits per heavy atom. The molecule has 2 amide bonds. The fraction of sp³-hybridized carbons (Fsp3) is 0.500. The van der Waals surface area contributed by atoms with Crippen LogP contribution < -0.4 is 10.6 Å². The number of hydrogen-bond donors (Lipinski definition) is 2. The minimum absolute atomic E-state index is 0.00940. The molecule has 0 radical (unpaired) electrons. The standard InChI is InChI=1S/C20H27N5O2S/c1-15-7-5-6-13-25(15)14-12-21-17(26)10-11-18-23-24-20(28-18)19(27)22-16-8-3-2-4-9-16/h2-4,8-9,15H,5-7,10-14H2,1H3,(H,21,26)(H,22,27). The summed E-state index contributed by atoms with van der Waals surface area (Å²) in [6.07, 6.45) is 4.63. The Morgan fingerprint density at radius 1 is 1.21 bits per heavy atom. The van der Waals surface area contributed by atoms with E-state index in [0.717, 1.165) is 13.1 Å². The topological polar surface area (TPSA) is 87.2 Å². The summed E-state index contributed by atoms with van der Waals surface area (Å²) in [5.74, 6) is -0.273. The van der Waals surface area contributed by atoms with Crippen molar-refractivity contribution < 1.29 is 9.59 Å². The molecule has 0 aliphatic carbocycles. The largest absolute Gasteiger partial charge is 0.355 e. The van der Waals surface area contributed by atoms with Gasteiger partial charge in [-0.2, -0.15) is 0 Å². The molecule has 1 aliphatic heterocycles. The molecule has 1 aromatic heterocycles. The minimum Gasteiger partial charge on any atom is -0.355 e. The second-order valence-corrected chi connectivity index (χ2v) is 8.11. The van der Waals surface area contributed by atoms with Crippen LogP contribution >= 0.6 is 11.3 Å². The summed E-state index contributed by atoms with van der Waals surface area (Å²) in [6.45, 7) is 4.94. The predicted octanol–water partition coefficient (Wildman–Crippen LogP) is 2.71. The van der Waals surface area contributed by atoms with E-state index in [1.165, 1.54) is 30.6 Å². The number of hydrogen-bond acceptors (Lipinski definition) is 6. The first-order chi connectivity index (χ1) is 13.6. The van der Waals surface area contributed by atoms with Crippen molar-refractivity contribution in [1.29, 1.82) is 0 Å². The lowest BCUT2D eigenvalue weighted by molar-refractivity contribution is -0.121. The lowest BCUT2D eigenvalue weighted by Gasteiger charge is -2.33. The first kappa shape index (κ1) is 20.4. The average Bonchev–Trinajstić information content (AvgIpc) is 3.18. The zero-order valence-corrected chi connectivity index (χ0v) is 17.0. The second-order valence-electron chi connectivity index (χ2n) is 7.05. The van der Waals surface area contributed by atoms with E-state index in [-0.39, 0.29) is 11.8 Å². The van der Waals surface area contributed by atoms with Gasteiger partial charge in [0.2, 0.25) is 10.9 Å². The Bertz CT molecular complexity index is 780. The van der Waals surface area contributed by atoms with Crippen molar-refractivity contribution >= 4 is 28.8 Å². The number of piperidine rings is 1. The van der Waals surface area contributed by atoms with Crippen molar-refractivity contribution in [3.63, 3.8) is 0 Å². The van der Waals surface area contributed by atoms with Gasteiger partial charge in [0.1, 0.15) is 5.01 Å². The fourth-order valence-electron chi connectivity index (χ4n) is 3.29. The number of carbonyl (C=O) groups excluding carboxylic acids is 2. The molecule has 1 aromatic carbocycles. The first-order valence-corrected chi connectivity index (χ1v) is 10.6. The van der Waals surface area contributed by atoms with Gasteiger partial charge in [0.25, 0.3) is 5.91 Å². The fourth-order valence-corrected chi connectivity index (χ4v) is 4.02. The van der Waals surface area contributed by atoms with Gasteiger partial charge >= 0.3 is 0 Å². The van der Waals surface area contributed by atoms with E-state index in [9.17, 15) is 9.59 Å². The first-order valence-electron chi connectivity index (χ1n) is 9.81. The third kappa shape index (κ3) is 6.10. The van der Waals surface area contributed by atoms with Crippen LogP contribution in [0.2, 0.25) is 0 Å². The number of nitrogens with zero attached hydrogens (tertiary/aromatic N) is 3. The third-order valence-corrected chi connectivity index (χ3v) is 5.90. The molecule has 2 N–H and O–H groups in total. The maximum atomic E-state index is 12.2. The Morgan fingerprint density at radius 3 is 2.82 bits per heavy atom. The molecule has 8 heteroatoms. The number of anilines is 1. The zero-order chi connectivity index (χ0) is 19.8. The van der Waals surface area contributed by atoms with Crippen molar-refractivity contribution in [1.82, 2.24) is 20.4 Å². The van der Waals surface area contributed by atoms with Gasteiger partial charge in [-0.05, 0) is 38.4 Å². The van der Waals surface area contributed by atoms with Crippen molar-refractivity contribution in [3.8, 4) is 0 Å². The maximum absolute atomic E-state index is 12.2. The van der Waals surface area contributed by atoms with Crippen molar-refractivity contribution in [2.24, 2.45) is 0 Å². The number of amides is 2. The number of benzene rings is 1. The Labute approximate surface area is 169 Å². The highest BCUT2D eigenvalue weighted by Crippen LogP contribution is 2.16. The minimum atomic E-state index is -0.282. The van der Waals surface area contributed by atoms with Crippen molar-refractivity contribution in [2.45, 2.75) is 45.1 Å². The van der Waals surface area contributed by atoms with E-state index in [2.05, 4.69) is 32.7 Å². The van der Waals surface area contributed by atoms with Gasteiger partial charge < -0.3 is 10.6 Å². The highest BCUT2D eigenvalue weighted by molar-refractivity contribution is 7.13.